The zero-order chi connectivity index (χ0) is 38.3. The van der Waals surface area contributed by atoms with Crippen LogP contribution in [0.4, 0.5) is 17.1 Å². The minimum Gasteiger partial charge on any atom is -0.311 e. The molecular weight excluding hydrogens is 689 g/mol. The predicted octanol–water partition coefficient (Wildman–Crippen LogP) is 14.9. The highest BCUT2D eigenvalue weighted by molar-refractivity contribution is 6.08. The van der Waals surface area contributed by atoms with Crippen molar-refractivity contribution in [2.24, 2.45) is 0 Å². The first-order valence-electron chi connectivity index (χ1n) is 19.8. The normalized spacial score (nSPS) is 12.8. The maximum Gasteiger partial charge on any atom is 0.0619 e. The first kappa shape index (κ1) is 34.3. The van der Waals surface area contributed by atoms with Gasteiger partial charge in [-0.2, -0.15) is 0 Å². The number of para-hydroxylation sites is 3. The lowest BCUT2D eigenvalue weighted by molar-refractivity contribution is 0.661. The quantitative estimate of drug-likeness (QED) is 0.141. The third-order valence-electron chi connectivity index (χ3n) is 11.6. The second-order valence-corrected chi connectivity index (χ2v) is 15.4. The fourth-order valence-electron chi connectivity index (χ4n) is 8.78. The number of fused-ring (bicyclic) bond motifs is 4. The van der Waals surface area contributed by atoms with Gasteiger partial charge >= 0.3 is 0 Å². The van der Waals surface area contributed by atoms with Crippen molar-refractivity contribution in [3.8, 4) is 39.2 Å². The Morgan fingerprint density at radius 2 is 0.930 bits per heavy atom. The molecule has 1 heterocycles. The van der Waals surface area contributed by atoms with Crippen LogP contribution in [0, 0.1) is 0 Å². The summed E-state index contributed by atoms with van der Waals surface area (Å²) in [7, 11) is 0. The molecule has 0 unspecified atom stereocenters. The molecule has 0 amide bonds. The van der Waals surface area contributed by atoms with Gasteiger partial charge in [-0.05, 0) is 105 Å². The van der Waals surface area contributed by atoms with E-state index < -0.39 is 0 Å². The molecule has 272 valence electrons. The van der Waals surface area contributed by atoms with E-state index in [2.05, 4.69) is 242 Å². The molecule has 1 aliphatic rings. The van der Waals surface area contributed by atoms with Gasteiger partial charge in [0.2, 0.25) is 0 Å². The smallest absolute Gasteiger partial charge is 0.0619 e. The van der Waals surface area contributed by atoms with Gasteiger partial charge in [-0.15, -0.1) is 0 Å². The molecule has 57 heavy (non-hydrogen) atoms. The Bertz CT molecular complexity index is 2830. The molecule has 0 fully saturated rings. The van der Waals surface area contributed by atoms with E-state index in [1.165, 1.54) is 61.1 Å². The van der Waals surface area contributed by atoms with Gasteiger partial charge in [0.15, 0.2) is 0 Å². The van der Waals surface area contributed by atoms with Crippen LogP contribution in [0.2, 0.25) is 0 Å². The SMILES string of the molecule is CC1(C)c2cc(/C=C/c3ccc(N(c4ccccc4)c4ccccc4)cc3)ccc2-c2cc3c(-c4ccccc4)c(-c4ccccc4)n(-c4ccccc4)c3cc21. The average molecular weight is 731 g/mol. The number of hydrogen-bond acceptors (Lipinski definition) is 1. The summed E-state index contributed by atoms with van der Waals surface area (Å²) >= 11 is 0. The molecule has 8 aromatic carbocycles. The Labute approximate surface area is 335 Å². The second-order valence-electron chi connectivity index (χ2n) is 15.4. The number of nitrogens with zero attached hydrogens (tertiary/aromatic N) is 2. The van der Waals surface area contributed by atoms with Crippen molar-refractivity contribution in [2.75, 3.05) is 4.90 Å². The van der Waals surface area contributed by atoms with Crippen LogP contribution in [0.1, 0.15) is 36.1 Å². The van der Waals surface area contributed by atoms with Gasteiger partial charge in [0, 0.05) is 39.1 Å². The Morgan fingerprint density at radius 1 is 0.439 bits per heavy atom. The minimum atomic E-state index is -0.186. The summed E-state index contributed by atoms with van der Waals surface area (Å²) in [5.74, 6) is 0. The molecule has 0 radical (unpaired) electrons. The first-order chi connectivity index (χ1) is 28.0. The van der Waals surface area contributed by atoms with Crippen molar-refractivity contribution in [2.45, 2.75) is 19.3 Å². The summed E-state index contributed by atoms with van der Waals surface area (Å²) in [6.45, 7) is 4.76. The van der Waals surface area contributed by atoms with E-state index in [-0.39, 0.29) is 5.41 Å². The van der Waals surface area contributed by atoms with E-state index in [0.29, 0.717) is 0 Å². The highest BCUT2D eigenvalue weighted by Gasteiger charge is 2.37. The van der Waals surface area contributed by atoms with E-state index in [1.807, 2.05) is 0 Å². The second kappa shape index (κ2) is 14.2. The lowest BCUT2D eigenvalue weighted by Gasteiger charge is -2.25. The maximum atomic E-state index is 2.48. The molecule has 0 aliphatic heterocycles. The molecule has 0 bridgehead atoms. The maximum absolute atomic E-state index is 2.48. The summed E-state index contributed by atoms with van der Waals surface area (Å²) < 4.78 is 2.48. The fourth-order valence-corrected chi connectivity index (χ4v) is 8.78. The van der Waals surface area contributed by atoms with E-state index in [9.17, 15) is 0 Å². The largest absolute Gasteiger partial charge is 0.311 e. The van der Waals surface area contributed by atoms with E-state index >= 15 is 0 Å². The van der Waals surface area contributed by atoms with Crippen LogP contribution in [-0.4, -0.2) is 4.57 Å². The number of aromatic nitrogens is 1. The Hall–Kier alpha value is -7.16. The van der Waals surface area contributed by atoms with Crippen molar-refractivity contribution >= 4 is 40.1 Å². The van der Waals surface area contributed by atoms with Gasteiger partial charge in [-0.1, -0.05) is 172 Å². The lowest BCUT2D eigenvalue weighted by atomic mass is 9.81. The number of anilines is 3. The molecule has 0 N–H and O–H groups in total. The Morgan fingerprint density at radius 3 is 1.54 bits per heavy atom. The minimum absolute atomic E-state index is 0.186. The van der Waals surface area contributed by atoms with Gasteiger partial charge in [-0.3, -0.25) is 0 Å². The molecule has 1 aromatic heterocycles. The zero-order valence-corrected chi connectivity index (χ0v) is 32.2. The van der Waals surface area contributed by atoms with Crippen LogP contribution in [0.5, 0.6) is 0 Å². The number of rotatable bonds is 8. The highest BCUT2D eigenvalue weighted by atomic mass is 15.1. The molecule has 9 aromatic rings. The van der Waals surface area contributed by atoms with Gasteiger partial charge in [-0.25, -0.2) is 0 Å². The summed E-state index contributed by atoms with van der Waals surface area (Å²) in [5, 5.41) is 1.26. The van der Waals surface area contributed by atoms with E-state index in [4.69, 9.17) is 0 Å². The monoisotopic (exact) mass is 730 g/mol. The topological polar surface area (TPSA) is 8.17 Å². The van der Waals surface area contributed by atoms with Crippen molar-refractivity contribution in [1.29, 1.82) is 0 Å². The van der Waals surface area contributed by atoms with Gasteiger partial charge < -0.3 is 9.47 Å². The van der Waals surface area contributed by atoms with Gasteiger partial charge in [0.1, 0.15) is 0 Å². The van der Waals surface area contributed by atoms with E-state index in [0.717, 1.165) is 28.3 Å². The summed E-state index contributed by atoms with van der Waals surface area (Å²) in [4.78, 5) is 2.30. The fraction of sp³-hybridized carbons (Fsp3) is 0.0545. The number of benzene rings is 8. The summed E-state index contributed by atoms with van der Waals surface area (Å²) in [5.41, 5.74) is 18.2. The molecule has 2 heteroatoms. The van der Waals surface area contributed by atoms with Crippen LogP contribution in [-0.2, 0) is 5.41 Å². The molecule has 1 aliphatic carbocycles. The molecule has 10 rings (SSSR count). The number of hydrogen-bond donors (Lipinski definition) is 0. The third kappa shape index (κ3) is 6.07. The Balaban J connectivity index is 1.05. The molecule has 0 atom stereocenters. The lowest BCUT2D eigenvalue weighted by Crippen LogP contribution is -2.15. The van der Waals surface area contributed by atoms with Crippen molar-refractivity contribution < 1.29 is 0 Å². The molecule has 0 saturated heterocycles. The summed E-state index contributed by atoms with van der Waals surface area (Å²) in [6.07, 6.45) is 4.48. The highest BCUT2D eigenvalue weighted by Crippen LogP contribution is 2.53. The van der Waals surface area contributed by atoms with Crippen molar-refractivity contribution in [3.63, 3.8) is 0 Å². The van der Waals surface area contributed by atoms with Crippen molar-refractivity contribution in [1.82, 2.24) is 4.57 Å². The third-order valence-corrected chi connectivity index (χ3v) is 11.6. The summed E-state index contributed by atoms with van der Waals surface area (Å²) in [6, 6.07) is 74.5. The average Bonchev–Trinajstić information content (AvgIpc) is 3.72. The Kier molecular flexibility index (Phi) is 8.53. The van der Waals surface area contributed by atoms with Crippen LogP contribution in [0.15, 0.2) is 206 Å². The van der Waals surface area contributed by atoms with Gasteiger partial charge in [0.25, 0.3) is 0 Å². The van der Waals surface area contributed by atoms with Crippen LogP contribution in [0.3, 0.4) is 0 Å². The van der Waals surface area contributed by atoms with E-state index in [1.54, 1.807) is 0 Å². The van der Waals surface area contributed by atoms with Crippen molar-refractivity contribution in [3.05, 3.63) is 229 Å². The molecule has 2 nitrogen and oxygen atoms in total. The zero-order valence-electron chi connectivity index (χ0n) is 32.2. The predicted molar refractivity (Wildman–Crippen MR) is 242 cm³/mol. The van der Waals surface area contributed by atoms with Crippen LogP contribution in [0.25, 0.3) is 62.3 Å². The first-order valence-corrected chi connectivity index (χ1v) is 19.8. The van der Waals surface area contributed by atoms with Crippen LogP contribution >= 0.6 is 0 Å². The van der Waals surface area contributed by atoms with Gasteiger partial charge in [0.05, 0.1) is 11.2 Å². The standard InChI is InChI=1S/C55H42N2/c1-55(2)50-36-40(29-28-39-30-33-46(34-31-39)56(43-22-12-5-13-23-43)44-24-14-6-15-25-44)32-35-47(50)48-37-49-52(38-51(48)55)57(45-26-16-7-17-27-45)54(42-20-10-4-11-21-42)53(49)41-18-8-3-9-19-41/h3-38H,1-2H3/b29-28+. The molecule has 0 saturated carbocycles. The molecule has 0 spiro atoms. The van der Waals surface area contributed by atoms with Crippen LogP contribution < -0.4 is 4.90 Å². The molecular formula is C55H42N2.